The predicted molar refractivity (Wildman–Crippen MR) is 156 cm³/mol. The number of nitrogens with one attached hydrogen (secondary N) is 2. The number of nitrogens with zero attached hydrogens (tertiary/aromatic N) is 2. The van der Waals surface area contributed by atoms with Crippen LogP contribution >= 0.6 is 0 Å². The van der Waals surface area contributed by atoms with E-state index in [-0.39, 0.29) is 11.1 Å². The van der Waals surface area contributed by atoms with Gasteiger partial charge in [0.2, 0.25) is 0 Å². The van der Waals surface area contributed by atoms with Crippen LogP contribution in [0.2, 0.25) is 0 Å². The van der Waals surface area contributed by atoms with E-state index in [1.54, 1.807) is 12.1 Å². The van der Waals surface area contributed by atoms with Gasteiger partial charge in [0.15, 0.2) is 0 Å². The van der Waals surface area contributed by atoms with Gasteiger partial charge in [0.25, 0.3) is 0 Å². The van der Waals surface area contributed by atoms with Crippen molar-refractivity contribution in [1.29, 1.82) is 0 Å². The minimum Gasteiger partial charge on any atom is -0.465 e. The molecule has 8 heteroatoms. The molecule has 0 spiro atoms. The van der Waals surface area contributed by atoms with Gasteiger partial charge in [0.05, 0.1) is 36.7 Å². The molecule has 0 aliphatic carbocycles. The van der Waals surface area contributed by atoms with E-state index in [2.05, 4.69) is 48.1 Å². The standard InChI is InChI=1S/C30H38N4O4/c1-7-33(8-2)23-15-11-21(12-16-23)31-27-19-26(30(36)38-6)28(20-25(27)29(35)37-5)32-22-13-17-24(18-14-22)34(9-3)10-4/h11-20,31-32H,7-10H2,1-6H3. The van der Waals surface area contributed by atoms with Gasteiger partial charge in [-0.3, -0.25) is 0 Å². The van der Waals surface area contributed by atoms with Gasteiger partial charge in [-0.1, -0.05) is 0 Å². The van der Waals surface area contributed by atoms with Crippen LogP contribution in [0, 0.1) is 0 Å². The maximum Gasteiger partial charge on any atom is 0.340 e. The molecule has 0 saturated carbocycles. The molecule has 202 valence electrons. The molecule has 38 heavy (non-hydrogen) atoms. The van der Waals surface area contributed by atoms with Gasteiger partial charge in [-0.15, -0.1) is 0 Å². The highest BCUT2D eigenvalue weighted by molar-refractivity contribution is 6.04. The molecule has 0 radical (unpaired) electrons. The number of anilines is 6. The fourth-order valence-electron chi connectivity index (χ4n) is 4.36. The van der Waals surface area contributed by atoms with Crippen molar-refractivity contribution in [3.05, 3.63) is 71.8 Å². The molecule has 2 N–H and O–H groups in total. The maximum absolute atomic E-state index is 12.8. The van der Waals surface area contributed by atoms with Crippen molar-refractivity contribution in [3.8, 4) is 0 Å². The molecule has 3 aromatic rings. The first-order chi connectivity index (χ1) is 18.4. The second-order valence-electron chi connectivity index (χ2n) is 8.61. The van der Waals surface area contributed by atoms with E-state index < -0.39 is 11.9 Å². The first-order valence-corrected chi connectivity index (χ1v) is 13.0. The lowest BCUT2D eigenvalue weighted by atomic mass is 10.0. The maximum atomic E-state index is 12.8. The van der Waals surface area contributed by atoms with E-state index in [0.717, 1.165) is 48.9 Å². The average Bonchev–Trinajstić information content (AvgIpc) is 2.95. The van der Waals surface area contributed by atoms with E-state index in [1.165, 1.54) is 14.2 Å². The largest absolute Gasteiger partial charge is 0.465 e. The molecule has 0 heterocycles. The Labute approximate surface area is 225 Å². The smallest absolute Gasteiger partial charge is 0.340 e. The Morgan fingerprint density at radius 2 is 0.921 bits per heavy atom. The van der Waals surface area contributed by atoms with Crippen molar-refractivity contribution in [1.82, 2.24) is 0 Å². The molecule has 3 aromatic carbocycles. The van der Waals surface area contributed by atoms with Crippen LogP contribution in [0.3, 0.4) is 0 Å². The van der Waals surface area contributed by atoms with Crippen LogP contribution in [0.5, 0.6) is 0 Å². The van der Waals surface area contributed by atoms with Crippen LogP contribution in [0.4, 0.5) is 34.1 Å². The quantitative estimate of drug-likeness (QED) is 0.265. The van der Waals surface area contributed by atoms with Crippen LogP contribution in [-0.2, 0) is 9.47 Å². The van der Waals surface area contributed by atoms with E-state index in [0.29, 0.717) is 11.4 Å². The highest BCUT2D eigenvalue weighted by Crippen LogP contribution is 2.32. The van der Waals surface area contributed by atoms with Gasteiger partial charge in [-0.05, 0) is 88.4 Å². The third-order valence-corrected chi connectivity index (χ3v) is 6.52. The van der Waals surface area contributed by atoms with Crippen molar-refractivity contribution in [3.63, 3.8) is 0 Å². The fraction of sp³-hybridized carbons (Fsp3) is 0.333. The van der Waals surface area contributed by atoms with Crippen LogP contribution < -0.4 is 20.4 Å². The topological polar surface area (TPSA) is 83.1 Å². The molecular formula is C30H38N4O4. The van der Waals surface area contributed by atoms with Gasteiger partial charge in [0, 0.05) is 48.9 Å². The van der Waals surface area contributed by atoms with Gasteiger partial charge < -0.3 is 29.9 Å². The van der Waals surface area contributed by atoms with Crippen LogP contribution in [-0.4, -0.2) is 52.3 Å². The number of hydrogen-bond acceptors (Lipinski definition) is 8. The Morgan fingerprint density at radius 1 is 0.605 bits per heavy atom. The zero-order valence-electron chi connectivity index (χ0n) is 23.1. The van der Waals surface area contributed by atoms with Crippen molar-refractivity contribution >= 4 is 46.1 Å². The van der Waals surface area contributed by atoms with E-state index in [4.69, 9.17) is 9.47 Å². The molecule has 0 atom stereocenters. The molecule has 3 rings (SSSR count). The minimum absolute atomic E-state index is 0.287. The third-order valence-electron chi connectivity index (χ3n) is 6.52. The molecule has 0 bridgehead atoms. The van der Waals surface area contributed by atoms with E-state index in [1.807, 2.05) is 48.5 Å². The molecule has 0 fully saturated rings. The molecule has 0 aliphatic rings. The zero-order chi connectivity index (χ0) is 27.7. The number of hydrogen-bond donors (Lipinski definition) is 2. The lowest BCUT2D eigenvalue weighted by molar-refractivity contribution is 0.0588. The van der Waals surface area contributed by atoms with Crippen LogP contribution in [0.25, 0.3) is 0 Å². The van der Waals surface area contributed by atoms with E-state index in [9.17, 15) is 9.59 Å². The molecule has 8 nitrogen and oxygen atoms in total. The Morgan fingerprint density at radius 3 is 1.18 bits per heavy atom. The van der Waals surface area contributed by atoms with Crippen LogP contribution in [0.15, 0.2) is 60.7 Å². The SMILES string of the molecule is CCN(CC)c1ccc(Nc2cc(C(=O)OC)c(Nc3ccc(N(CC)CC)cc3)cc2C(=O)OC)cc1. The molecular weight excluding hydrogens is 480 g/mol. The summed E-state index contributed by atoms with van der Waals surface area (Å²) in [4.78, 5) is 30.0. The zero-order valence-corrected chi connectivity index (χ0v) is 23.1. The second-order valence-corrected chi connectivity index (χ2v) is 8.61. The fourth-order valence-corrected chi connectivity index (χ4v) is 4.36. The molecule has 0 saturated heterocycles. The van der Waals surface area contributed by atoms with Crippen molar-refractivity contribution in [2.75, 3.05) is 60.8 Å². The molecule has 0 aliphatic heterocycles. The third kappa shape index (κ3) is 6.56. The summed E-state index contributed by atoms with van der Waals surface area (Å²) >= 11 is 0. The van der Waals surface area contributed by atoms with Gasteiger partial charge in [0.1, 0.15) is 0 Å². The van der Waals surface area contributed by atoms with E-state index >= 15 is 0 Å². The Hall–Kier alpha value is -4.20. The number of carbonyl (C=O) groups is 2. The monoisotopic (exact) mass is 518 g/mol. The Bertz CT molecular complexity index is 1120. The summed E-state index contributed by atoms with van der Waals surface area (Å²) in [6.07, 6.45) is 0. The van der Waals surface area contributed by atoms with Crippen molar-refractivity contribution in [2.45, 2.75) is 27.7 Å². The Kier molecular flexibility index (Phi) is 9.99. The minimum atomic E-state index is -0.524. The summed E-state index contributed by atoms with van der Waals surface area (Å²) in [5.41, 5.74) is 5.21. The van der Waals surface area contributed by atoms with Crippen molar-refractivity contribution in [2.24, 2.45) is 0 Å². The number of esters is 2. The molecule has 0 unspecified atom stereocenters. The number of ether oxygens (including phenoxy) is 2. The number of benzene rings is 3. The predicted octanol–water partition coefficient (Wildman–Crippen LogP) is 6.44. The summed E-state index contributed by atoms with van der Waals surface area (Å²) in [5, 5.41) is 6.55. The second kappa shape index (κ2) is 13.4. The first kappa shape index (κ1) is 28.4. The average molecular weight is 519 g/mol. The van der Waals surface area contributed by atoms with Gasteiger partial charge in [-0.2, -0.15) is 0 Å². The van der Waals surface area contributed by atoms with Crippen LogP contribution in [0.1, 0.15) is 48.4 Å². The highest BCUT2D eigenvalue weighted by atomic mass is 16.5. The summed E-state index contributed by atoms with van der Waals surface area (Å²) in [7, 11) is 2.66. The summed E-state index contributed by atoms with van der Waals surface area (Å²) in [6.45, 7) is 12.1. The number of methoxy groups -OCH3 is 2. The van der Waals surface area contributed by atoms with Crippen molar-refractivity contribution < 1.29 is 19.1 Å². The van der Waals surface area contributed by atoms with Gasteiger partial charge >= 0.3 is 11.9 Å². The normalized spacial score (nSPS) is 10.5. The molecule has 0 amide bonds. The first-order valence-electron chi connectivity index (χ1n) is 13.0. The lowest BCUT2D eigenvalue weighted by Crippen LogP contribution is -2.21. The summed E-state index contributed by atoms with van der Waals surface area (Å²) < 4.78 is 10.1. The summed E-state index contributed by atoms with van der Waals surface area (Å²) in [6, 6.07) is 19.1. The van der Waals surface area contributed by atoms with Gasteiger partial charge in [-0.25, -0.2) is 9.59 Å². The highest BCUT2D eigenvalue weighted by Gasteiger charge is 2.21. The number of rotatable bonds is 12. The molecule has 0 aromatic heterocycles. The number of carbonyl (C=O) groups excluding carboxylic acids is 2. The summed E-state index contributed by atoms with van der Waals surface area (Å²) in [5.74, 6) is -1.05. The Balaban J connectivity index is 1.99. The lowest BCUT2D eigenvalue weighted by Gasteiger charge is -2.22.